The van der Waals surface area contributed by atoms with Crippen LogP contribution in [-0.2, 0) is 4.79 Å². The first kappa shape index (κ1) is 13.2. The van der Waals surface area contributed by atoms with Gasteiger partial charge in [-0.3, -0.25) is 4.79 Å². The molecule has 1 rings (SSSR count). The quantitative estimate of drug-likeness (QED) is 0.601. The van der Waals surface area contributed by atoms with E-state index in [1.54, 1.807) is 12.2 Å². The van der Waals surface area contributed by atoms with Crippen LogP contribution in [0.3, 0.4) is 0 Å². The summed E-state index contributed by atoms with van der Waals surface area (Å²) in [6.07, 6.45) is 6.71. The molecular weight excluding hydrogens is 214 g/mol. The Balaban J connectivity index is 2.62. The molecule has 17 heavy (non-hydrogen) atoms. The lowest BCUT2D eigenvalue weighted by molar-refractivity contribution is -0.117. The third kappa shape index (κ3) is 4.66. The molecule has 0 aliphatic carbocycles. The van der Waals surface area contributed by atoms with Crippen molar-refractivity contribution >= 4 is 5.91 Å². The van der Waals surface area contributed by atoms with Crippen molar-refractivity contribution in [2.75, 3.05) is 6.61 Å². The van der Waals surface area contributed by atoms with Crippen LogP contribution >= 0.6 is 0 Å². The highest BCUT2D eigenvalue weighted by molar-refractivity contribution is 5.88. The van der Waals surface area contributed by atoms with Crippen LogP contribution in [0.25, 0.3) is 0 Å². The van der Waals surface area contributed by atoms with Gasteiger partial charge < -0.3 is 10.4 Å². The van der Waals surface area contributed by atoms with Crippen molar-refractivity contribution in [3.63, 3.8) is 0 Å². The van der Waals surface area contributed by atoms with Crippen LogP contribution < -0.4 is 5.32 Å². The molecule has 90 valence electrons. The summed E-state index contributed by atoms with van der Waals surface area (Å²) < 4.78 is 0. The van der Waals surface area contributed by atoms with Crippen LogP contribution in [0.4, 0.5) is 0 Å². The molecule has 3 heteroatoms. The van der Waals surface area contributed by atoms with Crippen molar-refractivity contribution in [3.8, 4) is 0 Å². The van der Waals surface area contributed by atoms with E-state index in [0.29, 0.717) is 0 Å². The molecule has 1 aromatic rings. The first-order chi connectivity index (χ1) is 8.27. The van der Waals surface area contributed by atoms with Gasteiger partial charge >= 0.3 is 0 Å². The van der Waals surface area contributed by atoms with E-state index in [1.807, 2.05) is 43.3 Å². The van der Waals surface area contributed by atoms with Gasteiger partial charge in [-0.05, 0) is 12.5 Å². The SMILES string of the molecule is CC=CC=CC(=O)NC(CO)c1ccccc1. The lowest BCUT2D eigenvalue weighted by atomic mass is 10.1. The Kier molecular flexibility index (Phi) is 5.75. The molecule has 0 spiro atoms. The maximum absolute atomic E-state index is 11.5. The molecule has 3 nitrogen and oxygen atoms in total. The average molecular weight is 231 g/mol. The van der Waals surface area contributed by atoms with Gasteiger partial charge in [0.25, 0.3) is 0 Å². The normalized spacial score (nSPS) is 13.1. The summed E-state index contributed by atoms with van der Waals surface area (Å²) in [5.41, 5.74) is 0.891. The Morgan fingerprint density at radius 2 is 2.06 bits per heavy atom. The van der Waals surface area contributed by atoms with E-state index < -0.39 is 0 Å². The summed E-state index contributed by atoms with van der Waals surface area (Å²) in [4.78, 5) is 11.5. The summed E-state index contributed by atoms with van der Waals surface area (Å²) in [5.74, 6) is -0.217. The Hall–Kier alpha value is -1.87. The van der Waals surface area contributed by atoms with Gasteiger partial charge in [-0.15, -0.1) is 0 Å². The van der Waals surface area contributed by atoms with Crippen LogP contribution in [0.15, 0.2) is 54.6 Å². The highest BCUT2D eigenvalue weighted by Gasteiger charge is 2.10. The van der Waals surface area contributed by atoms with E-state index in [-0.39, 0.29) is 18.6 Å². The summed E-state index contributed by atoms with van der Waals surface area (Å²) in [6, 6.07) is 9.03. The molecule has 1 unspecified atom stereocenters. The molecule has 0 bridgehead atoms. The summed E-state index contributed by atoms with van der Waals surface area (Å²) in [7, 11) is 0. The minimum absolute atomic E-state index is 0.118. The van der Waals surface area contributed by atoms with Gasteiger partial charge in [-0.1, -0.05) is 48.6 Å². The highest BCUT2D eigenvalue weighted by atomic mass is 16.3. The van der Waals surface area contributed by atoms with E-state index in [1.165, 1.54) is 6.08 Å². The number of aliphatic hydroxyl groups is 1. The molecule has 1 amide bonds. The fourth-order valence-corrected chi connectivity index (χ4v) is 1.39. The number of aliphatic hydroxyl groups excluding tert-OH is 1. The number of hydrogen-bond acceptors (Lipinski definition) is 2. The lowest BCUT2D eigenvalue weighted by Gasteiger charge is -2.15. The molecule has 0 aliphatic rings. The summed E-state index contributed by atoms with van der Waals surface area (Å²) in [6.45, 7) is 1.76. The molecule has 0 saturated carbocycles. The monoisotopic (exact) mass is 231 g/mol. The standard InChI is InChI=1S/C14H17NO2/c1-2-3-5-10-14(17)15-13(11-16)12-8-6-4-7-9-12/h2-10,13,16H,11H2,1H3,(H,15,17). The zero-order valence-corrected chi connectivity index (χ0v) is 9.84. The van der Waals surface area contributed by atoms with Gasteiger partial charge in [0, 0.05) is 6.08 Å². The number of amides is 1. The number of carbonyl (C=O) groups is 1. The van der Waals surface area contributed by atoms with Crippen molar-refractivity contribution in [3.05, 3.63) is 60.2 Å². The smallest absolute Gasteiger partial charge is 0.244 e. The fourth-order valence-electron chi connectivity index (χ4n) is 1.39. The molecular formula is C14H17NO2. The number of allylic oxidation sites excluding steroid dienone is 3. The predicted molar refractivity (Wildman–Crippen MR) is 68.4 cm³/mol. The van der Waals surface area contributed by atoms with Gasteiger partial charge in [0.2, 0.25) is 5.91 Å². The van der Waals surface area contributed by atoms with Crippen LogP contribution in [0.2, 0.25) is 0 Å². The lowest BCUT2D eigenvalue weighted by Crippen LogP contribution is -2.29. The molecule has 0 radical (unpaired) electrons. The van der Waals surface area contributed by atoms with Crippen LogP contribution in [0.5, 0.6) is 0 Å². The molecule has 0 saturated heterocycles. The predicted octanol–water partition coefficient (Wildman–Crippen LogP) is 1.97. The zero-order valence-electron chi connectivity index (χ0n) is 9.84. The fraction of sp³-hybridized carbons (Fsp3) is 0.214. The number of hydrogen-bond donors (Lipinski definition) is 2. The summed E-state index contributed by atoms with van der Waals surface area (Å²) in [5, 5.41) is 12.0. The van der Waals surface area contributed by atoms with Crippen LogP contribution in [0, 0.1) is 0 Å². The largest absolute Gasteiger partial charge is 0.394 e. The maximum atomic E-state index is 11.5. The zero-order chi connectivity index (χ0) is 12.5. The second-order valence-corrected chi connectivity index (χ2v) is 3.54. The first-order valence-electron chi connectivity index (χ1n) is 5.53. The van der Waals surface area contributed by atoms with Gasteiger partial charge in [0.1, 0.15) is 0 Å². The van der Waals surface area contributed by atoms with Crippen molar-refractivity contribution in [2.24, 2.45) is 0 Å². The molecule has 1 aromatic carbocycles. The third-order valence-electron chi connectivity index (χ3n) is 2.25. The van der Waals surface area contributed by atoms with Gasteiger partial charge in [0.05, 0.1) is 12.6 Å². The van der Waals surface area contributed by atoms with Crippen LogP contribution in [0.1, 0.15) is 18.5 Å². The number of rotatable bonds is 5. The van der Waals surface area contributed by atoms with E-state index in [2.05, 4.69) is 5.32 Å². The Bertz CT molecular complexity index is 396. The highest BCUT2D eigenvalue weighted by Crippen LogP contribution is 2.11. The molecule has 0 aliphatic heterocycles. The van der Waals surface area contributed by atoms with Gasteiger partial charge in [0.15, 0.2) is 0 Å². The average Bonchev–Trinajstić information content (AvgIpc) is 2.37. The first-order valence-corrected chi connectivity index (χ1v) is 5.53. The van der Waals surface area contributed by atoms with Crippen LogP contribution in [-0.4, -0.2) is 17.6 Å². The topological polar surface area (TPSA) is 49.3 Å². The van der Waals surface area contributed by atoms with Gasteiger partial charge in [-0.2, -0.15) is 0 Å². The Morgan fingerprint density at radius 3 is 2.65 bits per heavy atom. The number of carbonyl (C=O) groups excluding carboxylic acids is 1. The molecule has 0 fully saturated rings. The molecule has 0 aromatic heterocycles. The third-order valence-corrected chi connectivity index (χ3v) is 2.25. The Morgan fingerprint density at radius 1 is 1.35 bits per heavy atom. The van der Waals surface area contributed by atoms with E-state index >= 15 is 0 Å². The number of benzene rings is 1. The Labute approximate surface area is 101 Å². The van der Waals surface area contributed by atoms with E-state index in [9.17, 15) is 9.90 Å². The van der Waals surface area contributed by atoms with Crippen molar-refractivity contribution in [1.82, 2.24) is 5.32 Å². The maximum Gasteiger partial charge on any atom is 0.244 e. The van der Waals surface area contributed by atoms with Gasteiger partial charge in [-0.25, -0.2) is 0 Å². The molecule has 2 N–H and O–H groups in total. The van der Waals surface area contributed by atoms with E-state index in [0.717, 1.165) is 5.56 Å². The molecule has 0 heterocycles. The minimum Gasteiger partial charge on any atom is -0.394 e. The number of nitrogens with one attached hydrogen (secondary N) is 1. The van der Waals surface area contributed by atoms with Crippen molar-refractivity contribution in [1.29, 1.82) is 0 Å². The second-order valence-electron chi connectivity index (χ2n) is 3.54. The second kappa shape index (κ2) is 7.41. The van der Waals surface area contributed by atoms with Crippen molar-refractivity contribution in [2.45, 2.75) is 13.0 Å². The summed E-state index contributed by atoms with van der Waals surface area (Å²) >= 11 is 0. The molecule has 1 atom stereocenters. The van der Waals surface area contributed by atoms with E-state index in [4.69, 9.17) is 0 Å². The van der Waals surface area contributed by atoms with Crippen molar-refractivity contribution < 1.29 is 9.90 Å². The minimum atomic E-state index is -0.362.